The zero-order valence-corrected chi connectivity index (χ0v) is 12.4. The highest BCUT2D eigenvalue weighted by Crippen LogP contribution is 2.21. The number of halogens is 1. The number of nitrogen functional groups attached to an aromatic ring is 1. The number of anilines is 2. The van der Waals surface area contributed by atoms with E-state index in [0.717, 1.165) is 40.8 Å². The van der Waals surface area contributed by atoms with E-state index in [1.807, 2.05) is 18.2 Å². The van der Waals surface area contributed by atoms with Gasteiger partial charge in [0.15, 0.2) is 0 Å². The molecule has 1 fully saturated rings. The van der Waals surface area contributed by atoms with Gasteiger partial charge in [0, 0.05) is 34.0 Å². The molecule has 0 radical (unpaired) electrons. The van der Waals surface area contributed by atoms with Gasteiger partial charge in [0.05, 0.1) is 0 Å². The highest BCUT2D eigenvalue weighted by atomic mass is 127. The van der Waals surface area contributed by atoms with Gasteiger partial charge in [-0.15, -0.1) is 0 Å². The van der Waals surface area contributed by atoms with Crippen molar-refractivity contribution in [2.24, 2.45) is 0 Å². The predicted octanol–water partition coefficient (Wildman–Crippen LogP) is 2.34. The molecule has 0 aliphatic heterocycles. The van der Waals surface area contributed by atoms with Gasteiger partial charge in [-0.2, -0.15) is 0 Å². The van der Waals surface area contributed by atoms with Crippen LogP contribution in [0.3, 0.4) is 0 Å². The maximum Gasteiger partial charge on any atom is 0.220 e. The fourth-order valence-corrected chi connectivity index (χ4v) is 2.40. The number of nitrogens with one attached hydrogen (secondary N) is 2. The Morgan fingerprint density at radius 3 is 2.89 bits per heavy atom. The molecular weight excluding hydrogens is 341 g/mol. The van der Waals surface area contributed by atoms with Gasteiger partial charge in [0.25, 0.3) is 0 Å². The number of benzene rings is 1. The monoisotopic (exact) mass is 359 g/mol. The van der Waals surface area contributed by atoms with Gasteiger partial charge in [0.1, 0.15) is 0 Å². The Balaban J connectivity index is 1.66. The summed E-state index contributed by atoms with van der Waals surface area (Å²) >= 11 is 2.25. The van der Waals surface area contributed by atoms with Gasteiger partial charge in [-0.3, -0.25) is 4.79 Å². The van der Waals surface area contributed by atoms with E-state index in [9.17, 15) is 4.79 Å². The first-order chi connectivity index (χ1) is 8.65. The second-order valence-electron chi connectivity index (χ2n) is 4.61. The van der Waals surface area contributed by atoms with Crippen molar-refractivity contribution in [3.05, 3.63) is 21.8 Å². The molecule has 0 aromatic heterocycles. The Labute approximate surface area is 121 Å². The van der Waals surface area contributed by atoms with Crippen molar-refractivity contribution in [2.45, 2.75) is 31.7 Å². The summed E-state index contributed by atoms with van der Waals surface area (Å²) in [7, 11) is 0. The van der Waals surface area contributed by atoms with Crippen LogP contribution < -0.4 is 16.4 Å². The molecule has 0 spiro atoms. The topological polar surface area (TPSA) is 67.1 Å². The van der Waals surface area contributed by atoms with E-state index in [-0.39, 0.29) is 5.91 Å². The molecule has 0 atom stereocenters. The third-order valence-electron chi connectivity index (χ3n) is 2.83. The Morgan fingerprint density at radius 1 is 1.44 bits per heavy atom. The molecule has 98 valence electrons. The molecule has 4 nitrogen and oxygen atoms in total. The minimum absolute atomic E-state index is 0.173. The number of carbonyl (C=O) groups is 1. The second-order valence-corrected chi connectivity index (χ2v) is 5.77. The van der Waals surface area contributed by atoms with Crippen LogP contribution in [0.25, 0.3) is 0 Å². The molecule has 0 bridgehead atoms. The molecule has 1 aliphatic rings. The molecule has 4 N–H and O–H groups in total. The van der Waals surface area contributed by atoms with E-state index >= 15 is 0 Å². The molecule has 0 heterocycles. The van der Waals surface area contributed by atoms with E-state index in [0.29, 0.717) is 12.5 Å². The largest absolute Gasteiger partial charge is 0.399 e. The third kappa shape index (κ3) is 4.36. The van der Waals surface area contributed by atoms with E-state index in [1.54, 1.807) is 0 Å². The summed E-state index contributed by atoms with van der Waals surface area (Å²) in [4.78, 5) is 11.5. The van der Waals surface area contributed by atoms with Crippen molar-refractivity contribution < 1.29 is 4.79 Å². The molecule has 0 unspecified atom stereocenters. The fraction of sp³-hybridized carbons (Fsp3) is 0.462. The lowest BCUT2D eigenvalue weighted by Gasteiger charge is -2.09. The van der Waals surface area contributed by atoms with Crippen LogP contribution in [0.15, 0.2) is 18.2 Å². The molecule has 1 saturated carbocycles. The average Bonchev–Trinajstić information content (AvgIpc) is 3.10. The first-order valence-electron chi connectivity index (χ1n) is 6.23. The molecule has 0 saturated heterocycles. The fourth-order valence-electron chi connectivity index (χ4n) is 1.67. The average molecular weight is 359 g/mol. The highest BCUT2D eigenvalue weighted by Gasteiger charge is 2.22. The maximum absolute atomic E-state index is 11.5. The number of rotatable bonds is 6. The zero-order valence-electron chi connectivity index (χ0n) is 10.2. The summed E-state index contributed by atoms with van der Waals surface area (Å²) in [6.45, 7) is 0.804. The normalized spacial score (nSPS) is 14.3. The Bertz CT molecular complexity index is 432. The van der Waals surface area contributed by atoms with Crippen LogP contribution in [-0.2, 0) is 4.79 Å². The van der Waals surface area contributed by atoms with E-state index in [2.05, 4.69) is 33.2 Å². The van der Waals surface area contributed by atoms with Crippen molar-refractivity contribution in [1.29, 1.82) is 0 Å². The zero-order chi connectivity index (χ0) is 13.0. The van der Waals surface area contributed by atoms with Crippen LogP contribution in [0.2, 0.25) is 0 Å². The van der Waals surface area contributed by atoms with Crippen LogP contribution in [0.1, 0.15) is 25.7 Å². The lowest BCUT2D eigenvalue weighted by atomic mass is 10.2. The summed E-state index contributed by atoms with van der Waals surface area (Å²) < 4.78 is 1.11. The van der Waals surface area contributed by atoms with Crippen LogP contribution >= 0.6 is 22.6 Å². The number of carbonyl (C=O) groups excluding carboxylic acids is 1. The first kappa shape index (κ1) is 13.5. The van der Waals surface area contributed by atoms with Gasteiger partial charge >= 0.3 is 0 Å². The van der Waals surface area contributed by atoms with Crippen LogP contribution in [0.4, 0.5) is 11.4 Å². The van der Waals surface area contributed by atoms with Crippen LogP contribution in [0, 0.1) is 3.57 Å². The third-order valence-corrected chi connectivity index (χ3v) is 3.72. The minimum Gasteiger partial charge on any atom is -0.399 e. The summed E-state index contributed by atoms with van der Waals surface area (Å²) in [6.07, 6.45) is 3.73. The van der Waals surface area contributed by atoms with E-state index < -0.39 is 0 Å². The minimum atomic E-state index is 0.173. The molecule has 1 aromatic rings. The molecule has 2 rings (SSSR count). The molecule has 1 aliphatic carbocycles. The molecular formula is C13H18IN3O. The lowest BCUT2D eigenvalue weighted by Crippen LogP contribution is -2.25. The van der Waals surface area contributed by atoms with Crippen molar-refractivity contribution in [3.8, 4) is 0 Å². The maximum atomic E-state index is 11.5. The standard InChI is InChI=1S/C13H18IN3O/c14-11-8-9(15)3-6-12(11)16-7-1-2-13(18)17-10-4-5-10/h3,6,8,10,16H,1-2,4-5,7,15H2,(H,17,18). The summed E-state index contributed by atoms with van der Waals surface area (Å²) in [6, 6.07) is 6.25. The Hall–Kier alpha value is -0.980. The smallest absolute Gasteiger partial charge is 0.220 e. The summed E-state index contributed by atoms with van der Waals surface area (Å²) in [5, 5.41) is 6.31. The summed E-state index contributed by atoms with van der Waals surface area (Å²) in [5.41, 5.74) is 7.54. The molecule has 5 heteroatoms. The van der Waals surface area contributed by atoms with Crippen molar-refractivity contribution in [1.82, 2.24) is 5.32 Å². The Morgan fingerprint density at radius 2 is 2.22 bits per heavy atom. The molecule has 1 amide bonds. The lowest BCUT2D eigenvalue weighted by molar-refractivity contribution is -0.121. The molecule has 18 heavy (non-hydrogen) atoms. The van der Waals surface area contributed by atoms with Crippen molar-refractivity contribution in [2.75, 3.05) is 17.6 Å². The molecule has 1 aromatic carbocycles. The van der Waals surface area contributed by atoms with Gasteiger partial charge in [-0.1, -0.05) is 0 Å². The number of nitrogens with two attached hydrogens (primary N) is 1. The van der Waals surface area contributed by atoms with Crippen molar-refractivity contribution in [3.63, 3.8) is 0 Å². The Kier molecular flexibility index (Phi) is 4.68. The number of hydrogen-bond donors (Lipinski definition) is 3. The van der Waals surface area contributed by atoms with Gasteiger partial charge in [0.2, 0.25) is 5.91 Å². The van der Waals surface area contributed by atoms with Gasteiger partial charge in [-0.05, 0) is 60.1 Å². The van der Waals surface area contributed by atoms with E-state index in [4.69, 9.17) is 5.73 Å². The predicted molar refractivity (Wildman–Crippen MR) is 82.5 cm³/mol. The SMILES string of the molecule is Nc1ccc(NCCCC(=O)NC2CC2)c(I)c1. The van der Waals surface area contributed by atoms with E-state index in [1.165, 1.54) is 0 Å². The van der Waals surface area contributed by atoms with Crippen molar-refractivity contribution >= 4 is 39.9 Å². The van der Waals surface area contributed by atoms with Gasteiger partial charge < -0.3 is 16.4 Å². The summed E-state index contributed by atoms with van der Waals surface area (Å²) in [5.74, 6) is 0.173. The first-order valence-corrected chi connectivity index (χ1v) is 7.31. The van der Waals surface area contributed by atoms with Crippen LogP contribution in [-0.4, -0.2) is 18.5 Å². The quantitative estimate of drug-likeness (QED) is 0.415. The number of hydrogen-bond acceptors (Lipinski definition) is 3. The highest BCUT2D eigenvalue weighted by molar-refractivity contribution is 14.1. The second kappa shape index (κ2) is 6.26. The van der Waals surface area contributed by atoms with Gasteiger partial charge in [-0.25, -0.2) is 0 Å². The number of amides is 1. The van der Waals surface area contributed by atoms with Crippen LogP contribution in [0.5, 0.6) is 0 Å².